The van der Waals surface area contributed by atoms with E-state index < -0.39 is 6.98 Å². The zero-order chi connectivity index (χ0) is 10.6. The number of hydrogen-bond acceptors (Lipinski definition) is 2. The molecule has 1 rings (SSSR count). The van der Waals surface area contributed by atoms with Crippen molar-refractivity contribution < 1.29 is 12.9 Å². The van der Waals surface area contributed by atoms with E-state index in [4.69, 9.17) is 5.73 Å². The molecule has 0 atom stereocenters. The zero-order valence-electron chi connectivity index (χ0n) is 7.33. The van der Waals surface area contributed by atoms with Crippen LogP contribution >= 0.6 is 0 Å². The van der Waals surface area contributed by atoms with E-state index in [0.717, 1.165) is 6.08 Å². The molecule has 76 valence electrons. The highest BCUT2D eigenvalue weighted by Crippen LogP contribution is 2.14. The normalized spacial score (nSPS) is 12.3. The quantitative estimate of drug-likeness (QED) is 0.758. The third-order valence-electron chi connectivity index (χ3n) is 1.66. The number of pyridine rings is 1. The maximum Gasteiger partial charge on any atom is 0.502 e. The molecule has 0 spiro atoms. The number of rotatable bonds is 3. The Balaban J connectivity index is 2.91. The Labute approximate surface area is 79.7 Å². The molecule has 1 aromatic rings. The average Bonchev–Trinajstić information content (AvgIpc) is 2.14. The van der Waals surface area contributed by atoms with Crippen LogP contribution < -0.4 is 5.73 Å². The van der Waals surface area contributed by atoms with Crippen LogP contribution in [0.3, 0.4) is 0 Å². The second-order valence-electron chi connectivity index (χ2n) is 2.76. The minimum atomic E-state index is -4.89. The molecule has 0 unspecified atom stereocenters. The Morgan fingerprint density at radius 2 is 2.14 bits per heavy atom. The Morgan fingerprint density at radius 3 is 2.71 bits per heavy atom. The van der Waals surface area contributed by atoms with Crippen molar-refractivity contribution in [3.63, 3.8) is 0 Å². The minimum absolute atomic E-state index is 0.179. The summed E-state index contributed by atoms with van der Waals surface area (Å²) < 4.78 is 35.7. The fourth-order valence-corrected chi connectivity index (χ4v) is 0.984. The van der Waals surface area contributed by atoms with Crippen molar-refractivity contribution in [3.8, 4) is 0 Å². The van der Waals surface area contributed by atoms with Crippen molar-refractivity contribution in [2.75, 3.05) is 0 Å². The van der Waals surface area contributed by atoms with Crippen LogP contribution in [0.4, 0.5) is 12.9 Å². The van der Waals surface area contributed by atoms with Gasteiger partial charge in [0.15, 0.2) is 0 Å². The zero-order valence-corrected chi connectivity index (χ0v) is 7.33. The fraction of sp³-hybridized carbons (Fsp3) is 0.125. The maximum absolute atomic E-state index is 11.9. The monoisotopic (exact) mass is 201 g/mol. The summed E-state index contributed by atoms with van der Waals surface area (Å²) in [6.45, 7) is -4.71. The standard InChI is InChI=1S/C8H9BF3N2/c10-9(11,12)3-1-7-2-4-14-6-8(7)5-13/h1-4,6H,5,13H2/q-1/b3-1+. The molecule has 0 amide bonds. The smallest absolute Gasteiger partial charge is 0.445 e. The highest BCUT2D eigenvalue weighted by atomic mass is 19.4. The Morgan fingerprint density at radius 1 is 1.43 bits per heavy atom. The molecular formula is C8H9BF3N2-. The first-order valence-electron chi connectivity index (χ1n) is 4.05. The SMILES string of the molecule is NCc1cnccc1/C=C/[B-](F)(F)F. The van der Waals surface area contributed by atoms with Gasteiger partial charge in [-0.05, 0) is 17.2 Å². The van der Waals surface area contributed by atoms with E-state index in [9.17, 15) is 12.9 Å². The molecule has 1 aromatic heterocycles. The lowest BCUT2D eigenvalue weighted by atomic mass is 9.90. The van der Waals surface area contributed by atoms with E-state index in [-0.39, 0.29) is 12.5 Å². The summed E-state index contributed by atoms with van der Waals surface area (Å²) in [5.41, 5.74) is 6.40. The van der Waals surface area contributed by atoms with Crippen molar-refractivity contribution >= 4 is 13.1 Å². The van der Waals surface area contributed by atoms with Gasteiger partial charge in [0.1, 0.15) is 0 Å². The highest BCUT2D eigenvalue weighted by Gasteiger charge is 2.17. The molecule has 0 radical (unpaired) electrons. The van der Waals surface area contributed by atoms with Gasteiger partial charge < -0.3 is 18.7 Å². The van der Waals surface area contributed by atoms with Crippen LogP contribution in [0.5, 0.6) is 0 Å². The van der Waals surface area contributed by atoms with Gasteiger partial charge in [-0.25, -0.2) is 0 Å². The van der Waals surface area contributed by atoms with Crippen LogP contribution in [0.15, 0.2) is 24.4 Å². The van der Waals surface area contributed by atoms with Crippen molar-refractivity contribution in [2.24, 2.45) is 5.73 Å². The summed E-state index contributed by atoms with van der Waals surface area (Å²) in [4.78, 5) is 3.77. The first kappa shape index (κ1) is 10.8. The third-order valence-corrected chi connectivity index (χ3v) is 1.66. The van der Waals surface area contributed by atoms with Crippen molar-refractivity contribution in [2.45, 2.75) is 6.54 Å². The van der Waals surface area contributed by atoms with Gasteiger partial charge in [-0.3, -0.25) is 4.98 Å². The minimum Gasteiger partial charge on any atom is -0.445 e. The topological polar surface area (TPSA) is 38.9 Å². The van der Waals surface area contributed by atoms with E-state index in [1.54, 1.807) is 0 Å². The van der Waals surface area contributed by atoms with Gasteiger partial charge in [0.2, 0.25) is 0 Å². The molecule has 1 heterocycles. The Hall–Kier alpha value is -1.30. The average molecular weight is 201 g/mol. The number of aromatic nitrogens is 1. The first-order valence-corrected chi connectivity index (χ1v) is 4.05. The van der Waals surface area contributed by atoms with Crippen LogP contribution in [-0.2, 0) is 6.54 Å². The summed E-state index contributed by atoms with van der Waals surface area (Å²) >= 11 is 0. The molecule has 0 fully saturated rings. The van der Waals surface area contributed by atoms with Crippen LogP contribution in [0.1, 0.15) is 11.1 Å². The number of nitrogens with two attached hydrogens (primary N) is 1. The molecule has 6 heteroatoms. The maximum atomic E-state index is 11.9. The van der Waals surface area contributed by atoms with Crippen molar-refractivity contribution in [3.05, 3.63) is 35.6 Å². The van der Waals surface area contributed by atoms with E-state index in [2.05, 4.69) is 4.98 Å². The molecule has 0 bridgehead atoms. The Kier molecular flexibility index (Phi) is 3.30. The van der Waals surface area contributed by atoms with Crippen LogP contribution in [-0.4, -0.2) is 12.0 Å². The lowest BCUT2D eigenvalue weighted by molar-refractivity contribution is 0.499. The lowest BCUT2D eigenvalue weighted by Crippen LogP contribution is -2.09. The summed E-state index contributed by atoms with van der Waals surface area (Å²) in [5.74, 6) is 0.245. The fourth-order valence-electron chi connectivity index (χ4n) is 0.984. The second-order valence-corrected chi connectivity index (χ2v) is 2.76. The lowest BCUT2D eigenvalue weighted by Gasteiger charge is -2.07. The largest absolute Gasteiger partial charge is 0.502 e. The molecular weight excluding hydrogens is 192 g/mol. The summed E-state index contributed by atoms with van der Waals surface area (Å²) in [7, 11) is 0. The second kappa shape index (κ2) is 4.28. The molecule has 0 saturated carbocycles. The predicted octanol–water partition coefficient (Wildman–Crippen LogP) is 1.94. The predicted molar refractivity (Wildman–Crippen MR) is 50.2 cm³/mol. The van der Waals surface area contributed by atoms with Crippen molar-refractivity contribution in [1.29, 1.82) is 0 Å². The van der Waals surface area contributed by atoms with Crippen LogP contribution in [0, 0.1) is 0 Å². The van der Waals surface area contributed by atoms with E-state index >= 15 is 0 Å². The number of hydrogen-bond donors (Lipinski definition) is 1. The first-order chi connectivity index (χ1) is 6.53. The molecule has 0 aliphatic heterocycles. The van der Waals surface area contributed by atoms with Gasteiger partial charge in [-0.2, -0.15) is 0 Å². The summed E-state index contributed by atoms with van der Waals surface area (Å²) in [5, 5.41) is 0. The van der Waals surface area contributed by atoms with Gasteiger partial charge in [0.05, 0.1) is 0 Å². The van der Waals surface area contributed by atoms with Crippen molar-refractivity contribution in [1.82, 2.24) is 4.98 Å². The molecule has 0 aliphatic carbocycles. The van der Waals surface area contributed by atoms with Crippen LogP contribution in [0.2, 0.25) is 0 Å². The summed E-state index contributed by atoms with van der Waals surface area (Å²) in [6.07, 6.45) is 3.91. The third kappa shape index (κ3) is 3.22. The van der Waals surface area contributed by atoms with E-state index in [0.29, 0.717) is 11.1 Å². The molecule has 0 aliphatic rings. The van der Waals surface area contributed by atoms with Gasteiger partial charge in [-0.1, -0.05) is 6.08 Å². The number of halogens is 3. The summed E-state index contributed by atoms with van der Waals surface area (Å²) in [6, 6.07) is 1.50. The molecule has 2 N–H and O–H groups in total. The molecule has 2 nitrogen and oxygen atoms in total. The van der Waals surface area contributed by atoms with E-state index in [1.165, 1.54) is 18.5 Å². The van der Waals surface area contributed by atoms with Gasteiger partial charge in [-0.15, -0.1) is 5.98 Å². The molecule has 0 saturated heterocycles. The highest BCUT2D eigenvalue weighted by molar-refractivity contribution is 6.64. The van der Waals surface area contributed by atoms with E-state index in [1.807, 2.05) is 0 Å². The van der Waals surface area contributed by atoms with Gasteiger partial charge >= 0.3 is 6.98 Å². The molecule has 0 aromatic carbocycles. The van der Waals surface area contributed by atoms with Gasteiger partial charge in [0, 0.05) is 18.9 Å². The van der Waals surface area contributed by atoms with Crippen LogP contribution in [0.25, 0.3) is 6.08 Å². The Bertz CT molecular complexity index is 336. The molecule has 14 heavy (non-hydrogen) atoms. The van der Waals surface area contributed by atoms with Gasteiger partial charge in [0.25, 0.3) is 0 Å². The number of nitrogens with zero attached hydrogens (tertiary/aromatic N) is 1.